The van der Waals surface area contributed by atoms with Crippen molar-refractivity contribution >= 4 is 17.6 Å². The van der Waals surface area contributed by atoms with Gasteiger partial charge in [0.05, 0.1) is 5.69 Å². The van der Waals surface area contributed by atoms with Crippen LogP contribution in [-0.4, -0.2) is 28.1 Å². The van der Waals surface area contributed by atoms with Crippen LogP contribution < -0.4 is 10.6 Å². The molecular formula is C17H26N4O2. The van der Waals surface area contributed by atoms with Crippen molar-refractivity contribution in [3.63, 3.8) is 0 Å². The second kappa shape index (κ2) is 7.15. The Hall–Kier alpha value is -1.85. The predicted molar refractivity (Wildman–Crippen MR) is 88.0 cm³/mol. The molecule has 126 valence electrons. The van der Waals surface area contributed by atoms with Crippen LogP contribution in [0.1, 0.15) is 63.0 Å². The molecule has 2 aliphatic rings. The van der Waals surface area contributed by atoms with Crippen LogP contribution in [0.4, 0.5) is 5.82 Å². The third kappa shape index (κ3) is 4.12. The van der Waals surface area contributed by atoms with Crippen molar-refractivity contribution in [3.05, 3.63) is 11.8 Å². The molecule has 0 bridgehead atoms. The molecule has 0 spiro atoms. The Morgan fingerprint density at radius 1 is 1.35 bits per heavy atom. The van der Waals surface area contributed by atoms with Crippen LogP contribution in [0, 0.1) is 5.92 Å². The molecule has 1 saturated carbocycles. The molecule has 6 heteroatoms. The predicted octanol–water partition coefficient (Wildman–Crippen LogP) is 2.32. The molecule has 2 N–H and O–H groups in total. The summed E-state index contributed by atoms with van der Waals surface area (Å²) in [5.74, 6) is 1.64. The number of hydrogen-bond acceptors (Lipinski definition) is 3. The molecule has 2 heterocycles. The van der Waals surface area contributed by atoms with Gasteiger partial charge in [-0.2, -0.15) is 5.10 Å². The Bertz CT molecular complexity index is 565. The second-order valence-corrected chi connectivity index (χ2v) is 6.87. The maximum atomic E-state index is 12.2. The van der Waals surface area contributed by atoms with Crippen molar-refractivity contribution in [2.75, 3.05) is 11.9 Å². The molecule has 1 unspecified atom stereocenters. The number of carbonyl (C=O) groups is 2. The maximum Gasteiger partial charge on any atom is 0.225 e. The summed E-state index contributed by atoms with van der Waals surface area (Å²) in [6, 6.07) is 2.02. The summed E-state index contributed by atoms with van der Waals surface area (Å²) >= 11 is 0. The molecule has 1 aromatic rings. The Kier molecular flexibility index (Phi) is 4.98. The van der Waals surface area contributed by atoms with Crippen LogP contribution in [0.5, 0.6) is 0 Å². The van der Waals surface area contributed by atoms with E-state index >= 15 is 0 Å². The van der Waals surface area contributed by atoms with E-state index in [1.165, 1.54) is 32.1 Å². The molecule has 2 amide bonds. The quantitative estimate of drug-likeness (QED) is 0.894. The van der Waals surface area contributed by atoms with E-state index in [2.05, 4.69) is 15.7 Å². The second-order valence-electron chi connectivity index (χ2n) is 6.87. The summed E-state index contributed by atoms with van der Waals surface area (Å²) in [6.07, 6.45) is 8.04. The highest BCUT2D eigenvalue weighted by Gasteiger charge is 2.22. The van der Waals surface area contributed by atoms with Gasteiger partial charge in [-0.15, -0.1) is 0 Å². The third-order valence-electron chi connectivity index (χ3n) is 5.03. The summed E-state index contributed by atoms with van der Waals surface area (Å²) in [6.45, 7) is 0.602. The molecule has 1 aromatic heterocycles. The van der Waals surface area contributed by atoms with E-state index in [4.69, 9.17) is 0 Å². The molecule has 23 heavy (non-hydrogen) atoms. The fourth-order valence-electron chi connectivity index (χ4n) is 3.62. The number of nitrogens with zero attached hydrogens (tertiary/aromatic N) is 2. The standard InChI is InChI=1S/C17H26N4O2/c1-21-15(10-14(20-21)13-5-3-2-4-6-13)19-17(23)9-12-7-8-16(22)18-11-12/h10,12-13H,2-9,11H2,1H3,(H,18,22)(H,19,23). The van der Waals surface area contributed by atoms with E-state index < -0.39 is 0 Å². The van der Waals surface area contributed by atoms with Crippen molar-refractivity contribution in [1.29, 1.82) is 0 Å². The fourth-order valence-corrected chi connectivity index (χ4v) is 3.62. The molecule has 3 rings (SSSR count). The van der Waals surface area contributed by atoms with Gasteiger partial charge in [0.25, 0.3) is 0 Å². The Morgan fingerprint density at radius 2 is 2.13 bits per heavy atom. The first kappa shape index (κ1) is 16.0. The van der Waals surface area contributed by atoms with Crippen LogP contribution >= 0.6 is 0 Å². The van der Waals surface area contributed by atoms with Gasteiger partial charge in [0.2, 0.25) is 11.8 Å². The minimum atomic E-state index is 0.00402. The van der Waals surface area contributed by atoms with Gasteiger partial charge in [-0.25, -0.2) is 0 Å². The van der Waals surface area contributed by atoms with Crippen molar-refractivity contribution in [3.8, 4) is 0 Å². The van der Waals surface area contributed by atoms with Crippen LogP contribution in [-0.2, 0) is 16.6 Å². The molecule has 6 nitrogen and oxygen atoms in total. The van der Waals surface area contributed by atoms with Gasteiger partial charge in [-0.3, -0.25) is 14.3 Å². The number of rotatable bonds is 4. The number of piperidine rings is 1. The van der Waals surface area contributed by atoms with Gasteiger partial charge in [0.15, 0.2) is 0 Å². The number of nitrogens with one attached hydrogen (secondary N) is 2. The third-order valence-corrected chi connectivity index (χ3v) is 5.03. The Morgan fingerprint density at radius 3 is 2.83 bits per heavy atom. The van der Waals surface area contributed by atoms with Gasteiger partial charge in [-0.1, -0.05) is 19.3 Å². The first-order chi connectivity index (χ1) is 11.1. The summed E-state index contributed by atoms with van der Waals surface area (Å²) < 4.78 is 1.77. The van der Waals surface area contributed by atoms with E-state index in [1.807, 2.05) is 13.1 Å². The highest BCUT2D eigenvalue weighted by atomic mass is 16.2. The lowest BCUT2D eigenvalue weighted by Gasteiger charge is -2.21. The molecule has 1 aliphatic carbocycles. The van der Waals surface area contributed by atoms with E-state index in [0.717, 1.165) is 17.9 Å². The SMILES string of the molecule is Cn1nc(C2CCCCC2)cc1NC(=O)CC1CCC(=O)NC1. The first-order valence-corrected chi connectivity index (χ1v) is 8.72. The van der Waals surface area contributed by atoms with E-state index in [0.29, 0.717) is 25.3 Å². The summed E-state index contributed by atoms with van der Waals surface area (Å²) in [5.41, 5.74) is 1.10. The minimum absolute atomic E-state index is 0.00402. The molecule has 2 fully saturated rings. The smallest absolute Gasteiger partial charge is 0.225 e. The van der Waals surface area contributed by atoms with Crippen LogP contribution in [0.25, 0.3) is 0 Å². The Labute approximate surface area is 137 Å². The van der Waals surface area contributed by atoms with Crippen molar-refractivity contribution in [1.82, 2.24) is 15.1 Å². The highest BCUT2D eigenvalue weighted by Crippen LogP contribution is 2.32. The number of aromatic nitrogens is 2. The summed E-state index contributed by atoms with van der Waals surface area (Å²) in [4.78, 5) is 23.4. The summed E-state index contributed by atoms with van der Waals surface area (Å²) in [7, 11) is 1.88. The number of anilines is 1. The molecule has 1 atom stereocenters. The average molecular weight is 318 g/mol. The van der Waals surface area contributed by atoms with Gasteiger partial charge < -0.3 is 10.6 Å². The molecule has 0 aromatic carbocycles. The zero-order valence-electron chi connectivity index (χ0n) is 13.8. The van der Waals surface area contributed by atoms with Crippen LogP contribution in [0.3, 0.4) is 0 Å². The first-order valence-electron chi connectivity index (χ1n) is 8.72. The Balaban J connectivity index is 1.55. The number of aryl methyl sites for hydroxylation is 1. The molecule has 1 aliphatic heterocycles. The lowest BCUT2D eigenvalue weighted by molar-refractivity contribution is -0.124. The van der Waals surface area contributed by atoms with Crippen LogP contribution in [0.2, 0.25) is 0 Å². The number of carbonyl (C=O) groups excluding carboxylic acids is 2. The van der Waals surface area contributed by atoms with E-state index in [9.17, 15) is 9.59 Å². The van der Waals surface area contributed by atoms with E-state index in [1.54, 1.807) is 4.68 Å². The molecule has 1 saturated heterocycles. The van der Waals surface area contributed by atoms with Gasteiger partial charge >= 0.3 is 0 Å². The summed E-state index contributed by atoms with van der Waals surface area (Å²) in [5, 5.41) is 10.4. The molecular weight excluding hydrogens is 292 g/mol. The lowest BCUT2D eigenvalue weighted by atomic mass is 9.87. The highest BCUT2D eigenvalue weighted by molar-refractivity contribution is 5.90. The normalized spacial score (nSPS) is 22.7. The topological polar surface area (TPSA) is 76.0 Å². The van der Waals surface area contributed by atoms with Crippen molar-refractivity contribution < 1.29 is 9.59 Å². The monoisotopic (exact) mass is 318 g/mol. The molecule has 0 radical (unpaired) electrons. The van der Waals surface area contributed by atoms with Gasteiger partial charge in [0, 0.05) is 38.4 Å². The minimum Gasteiger partial charge on any atom is -0.356 e. The number of hydrogen-bond donors (Lipinski definition) is 2. The van der Waals surface area contributed by atoms with E-state index in [-0.39, 0.29) is 17.7 Å². The van der Waals surface area contributed by atoms with Crippen molar-refractivity contribution in [2.24, 2.45) is 13.0 Å². The van der Waals surface area contributed by atoms with Gasteiger partial charge in [-0.05, 0) is 25.2 Å². The fraction of sp³-hybridized carbons (Fsp3) is 0.706. The average Bonchev–Trinajstić information content (AvgIpc) is 2.91. The zero-order valence-corrected chi connectivity index (χ0v) is 13.8. The largest absolute Gasteiger partial charge is 0.356 e. The lowest BCUT2D eigenvalue weighted by Crippen LogP contribution is -2.36. The van der Waals surface area contributed by atoms with Gasteiger partial charge in [0.1, 0.15) is 5.82 Å². The van der Waals surface area contributed by atoms with Crippen molar-refractivity contribution in [2.45, 2.75) is 57.3 Å². The van der Waals surface area contributed by atoms with Crippen LogP contribution in [0.15, 0.2) is 6.07 Å². The zero-order chi connectivity index (χ0) is 16.2. The number of amides is 2. The maximum absolute atomic E-state index is 12.2.